The molecule has 0 amide bonds. The zero-order valence-corrected chi connectivity index (χ0v) is 62.6. The number of para-hydroxylation sites is 3. The fraction of sp³-hybridized carbons (Fsp3) is 0.284. The third-order valence-electron chi connectivity index (χ3n) is 13.5. The number of aryl methyl sites for hydroxylation is 5. The number of rotatable bonds is 0. The minimum Gasteiger partial charge on any atom is -0.256 e. The molecule has 8 aromatic carbocycles. The summed E-state index contributed by atoms with van der Waals surface area (Å²) in [5, 5.41) is 15.8. The summed E-state index contributed by atoms with van der Waals surface area (Å²) in [6, 6.07) is 66.7. The van der Waals surface area contributed by atoms with Gasteiger partial charge in [0.15, 0.2) is 0 Å². The number of hydrogen-bond donors (Lipinski definition) is 0. The van der Waals surface area contributed by atoms with E-state index in [2.05, 4.69) is 220 Å². The number of benzene rings is 8. The number of fused-ring (bicyclic) bond motifs is 15. The Labute approximate surface area is 572 Å². The maximum atomic E-state index is 4.54. The lowest BCUT2D eigenvalue weighted by atomic mass is 10.0. The summed E-state index contributed by atoms with van der Waals surface area (Å²) in [7, 11) is 0. The molecule has 0 bridgehead atoms. The highest BCUT2D eigenvalue weighted by Gasteiger charge is 2.06. The fourth-order valence-corrected chi connectivity index (χ4v) is 9.73. The predicted octanol–water partition coefficient (Wildman–Crippen LogP) is 27.5. The first-order valence-corrected chi connectivity index (χ1v) is 35.2. The van der Waals surface area contributed by atoms with Crippen LogP contribution in [0.25, 0.3) is 109 Å². The topological polar surface area (TPSA) is 90.2 Å². The normalized spacial score (nSPS) is 9.32. The van der Waals surface area contributed by atoms with Crippen LogP contribution in [0.15, 0.2) is 231 Å². The lowest BCUT2D eigenvalue weighted by Crippen LogP contribution is -1.86. The van der Waals surface area contributed by atoms with E-state index in [1.54, 1.807) is 0 Å². The maximum Gasteiger partial charge on any atom is 0.0967 e. The molecule has 0 atom stereocenters. The number of nitrogens with zero attached hydrogens (tertiary/aromatic N) is 7. The van der Waals surface area contributed by atoms with E-state index >= 15 is 0 Å². The van der Waals surface area contributed by atoms with Crippen LogP contribution in [0.4, 0.5) is 0 Å². The molecular formula is C88H113N7. The zero-order chi connectivity index (χ0) is 71.3. The van der Waals surface area contributed by atoms with Gasteiger partial charge in [-0.2, -0.15) is 0 Å². The smallest absolute Gasteiger partial charge is 0.0967 e. The lowest BCUT2D eigenvalue weighted by Gasteiger charge is -2.04. The molecule has 500 valence electrons. The number of aromatic nitrogens is 7. The first kappa shape index (κ1) is 83.4. The number of pyridine rings is 7. The Hall–Kier alpha value is -9.59. The van der Waals surface area contributed by atoms with Crippen LogP contribution in [0.3, 0.4) is 0 Å². The molecule has 0 fully saturated rings. The molecule has 7 heterocycles. The van der Waals surface area contributed by atoms with Gasteiger partial charge in [0.2, 0.25) is 0 Å². The van der Waals surface area contributed by atoms with Crippen molar-refractivity contribution in [3.63, 3.8) is 0 Å². The Morgan fingerprint density at radius 1 is 0.211 bits per heavy atom. The Morgan fingerprint density at radius 3 is 1.20 bits per heavy atom. The summed E-state index contributed by atoms with van der Waals surface area (Å²) in [5.41, 5.74) is 13.2. The van der Waals surface area contributed by atoms with Crippen LogP contribution in [-0.2, 0) is 0 Å². The molecule has 7 nitrogen and oxygen atoms in total. The predicted molar refractivity (Wildman–Crippen MR) is 429 cm³/mol. The van der Waals surface area contributed by atoms with Crippen molar-refractivity contribution in [3.8, 4) is 0 Å². The Bertz CT molecular complexity index is 4280. The molecule has 0 radical (unpaired) electrons. The van der Waals surface area contributed by atoms with Gasteiger partial charge in [0.25, 0.3) is 0 Å². The van der Waals surface area contributed by atoms with Crippen molar-refractivity contribution in [2.75, 3.05) is 0 Å². The molecule has 0 saturated carbocycles. The van der Waals surface area contributed by atoms with Crippen LogP contribution in [0.1, 0.15) is 166 Å². The molecule has 0 unspecified atom stereocenters. The molecule has 7 aromatic heterocycles. The van der Waals surface area contributed by atoms with Crippen LogP contribution in [0, 0.1) is 34.6 Å². The Balaban J connectivity index is 0.000000556. The summed E-state index contributed by atoms with van der Waals surface area (Å²) >= 11 is 0. The van der Waals surface area contributed by atoms with Crippen LogP contribution < -0.4 is 0 Å². The van der Waals surface area contributed by atoms with Crippen molar-refractivity contribution < 1.29 is 0 Å². The van der Waals surface area contributed by atoms with E-state index in [9.17, 15) is 0 Å². The van der Waals surface area contributed by atoms with Crippen LogP contribution in [0.2, 0.25) is 0 Å². The summed E-state index contributed by atoms with van der Waals surface area (Å²) in [5.74, 6) is 0. The minimum atomic E-state index is 0.981. The molecular weight excluding hydrogens is 1160 g/mol. The lowest BCUT2D eigenvalue weighted by molar-refractivity contribution is 1.25. The quantitative estimate of drug-likeness (QED) is 0.140. The van der Waals surface area contributed by atoms with E-state index in [1.807, 2.05) is 219 Å². The summed E-state index contributed by atoms with van der Waals surface area (Å²) in [6.07, 6.45) is 11.4. The van der Waals surface area contributed by atoms with Gasteiger partial charge in [-0.15, -0.1) is 0 Å². The van der Waals surface area contributed by atoms with Crippen molar-refractivity contribution in [2.45, 2.75) is 173 Å². The monoisotopic (exact) mass is 1270 g/mol. The van der Waals surface area contributed by atoms with Crippen molar-refractivity contribution >= 4 is 109 Å². The van der Waals surface area contributed by atoms with Crippen LogP contribution >= 0.6 is 0 Å². The highest BCUT2D eigenvalue weighted by Crippen LogP contribution is 2.28. The highest BCUT2D eigenvalue weighted by molar-refractivity contribution is 6.08. The first-order chi connectivity index (χ1) is 46.8. The SMILES string of the molecule is CC.CC.CC.CC.CC.CC.CC.CC.CC.CC.Cc1ccc2c(cnc3ccccc32)c1.Cc1ccc2ccc3cccnc3c2n1.Cc1cccc2c1cnc1ccccc12.Cc1cccc2c1ncc1ccccc12.Cc1cnc2c(ccc3cccnc32)c1. The third-order valence-corrected chi connectivity index (χ3v) is 13.5. The summed E-state index contributed by atoms with van der Waals surface area (Å²) in [6.45, 7) is 50.4. The van der Waals surface area contributed by atoms with Crippen molar-refractivity contribution in [1.29, 1.82) is 0 Å². The third kappa shape index (κ3) is 23.1. The Morgan fingerprint density at radius 2 is 0.611 bits per heavy atom. The maximum absolute atomic E-state index is 4.54. The van der Waals surface area contributed by atoms with Crippen molar-refractivity contribution in [3.05, 3.63) is 259 Å². The van der Waals surface area contributed by atoms with Gasteiger partial charge in [0.05, 0.1) is 38.6 Å². The average Bonchev–Trinajstić information content (AvgIpc) is 0.867. The van der Waals surface area contributed by atoms with Gasteiger partial charge in [0, 0.05) is 96.7 Å². The standard InChI is InChI=1S/3C14H11N.2C13H10N2.10C2H6/c1-10-5-4-7-11-12-6-2-3-8-14(12)15-9-13(10)11;1-10-5-4-8-13-12-7-3-2-6-11(12)9-15-14(10)13;1-10-6-7-12-11(8-10)9-15-14-5-3-2-4-13(12)14;1-9-4-5-11-7-6-10-3-2-8-14-12(10)13(11)15-9;1-9-7-11-5-4-10-3-2-6-14-12(10)13(11)15-8-9;10*1-2/h3*2-9H,1H3;2*2-8H,1H3;10*1-2H3. The van der Waals surface area contributed by atoms with Crippen molar-refractivity contribution in [2.24, 2.45) is 0 Å². The first-order valence-electron chi connectivity index (χ1n) is 35.2. The summed E-state index contributed by atoms with van der Waals surface area (Å²) < 4.78 is 0. The van der Waals surface area contributed by atoms with Gasteiger partial charge in [0.1, 0.15) is 0 Å². The molecule has 0 aliphatic carbocycles. The van der Waals surface area contributed by atoms with E-state index in [4.69, 9.17) is 0 Å². The largest absolute Gasteiger partial charge is 0.256 e. The second-order valence-electron chi connectivity index (χ2n) is 18.9. The van der Waals surface area contributed by atoms with Gasteiger partial charge in [-0.25, -0.2) is 0 Å². The highest BCUT2D eigenvalue weighted by atomic mass is 14.7. The molecule has 15 rings (SSSR count). The summed E-state index contributed by atoms with van der Waals surface area (Å²) in [4.78, 5) is 31.2. The van der Waals surface area contributed by atoms with Gasteiger partial charge >= 0.3 is 0 Å². The van der Waals surface area contributed by atoms with Gasteiger partial charge in [-0.05, 0) is 110 Å². The molecule has 0 N–H and O–H groups in total. The molecule has 0 aliphatic rings. The van der Waals surface area contributed by atoms with E-state index in [0.29, 0.717) is 0 Å². The fourth-order valence-electron chi connectivity index (χ4n) is 9.73. The second-order valence-corrected chi connectivity index (χ2v) is 18.9. The molecule has 7 heteroatoms. The van der Waals surface area contributed by atoms with E-state index in [0.717, 1.165) is 65.9 Å². The van der Waals surface area contributed by atoms with Crippen molar-refractivity contribution in [1.82, 2.24) is 34.9 Å². The molecule has 95 heavy (non-hydrogen) atoms. The number of hydrogen-bond acceptors (Lipinski definition) is 7. The zero-order valence-electron chi connectivity index (χ0n) is 62.6. The van der Waals surface area contributed by atoms with E-state index in [1.165, 1.54) is 70.7 Å². The van der Waals surface area contributed by atoms with E-state index < -0.39 is 0 Å². The minimum absolute atomic E-state index is 0.981. The Kier molecular flexibility index (Phi) is 42.3. The molecule has 0 aliphatic heterocycles. The molecule has 15 aromatic rings. The van der Waals surface area contributed by atoms with Crippen LogP contribution in [-0.4, -0.2) is 34.9 Å². The van der Waals surface area contributed by atoms with Crippen LogP contribution in [0.5, 0.6) is 0 Å². The van der Waals surface area contributed by atoms with Gasteiger partial charge in [-0.3, -0.25) is 34.9 Å². The molecule has 0 saturated heterocycles. The van der Waals surface area contributed by atoms with Gasteiger partial charge < -0.3 is 0 Å². The average molecular weight is 1270 g/mol. The second kappa shape index (κ2) is 48.2. The van der Waals surface area contributed by atoms with E-state index in [-0.39, 0.29) is 0 Å². The van der Waals surface area contributed by atoms with Gasteiger partial charge in [-0.1, -0.05) is 296 Å². The molecule has 0 spiro atoms.